The van der Waals surface area contributed by atoms with E-state index in [-0.39, 0.29) is 5.91 Å². The summed E-state index contributed by atoms with van der Waals surface area (Å²) in [5, 5.41) is 3.31. The smallest absolute Gasteiger partial charge is 0.256 e. The highest BCUT2D eigenvalue weighted by Crippen LogP contribution is 2.31. The molecule has 5 heteroatoms. The molecular weight excluding hydrogens is 310 g/mol. The Morgan fingerprint density at radius 1 is 1.09 bits per heavy atom. The van der Waals surface area contributed by atoms with E-state index in [1.807, 2.05) is 24.3 Å². The minimum Gasteiger partial charge on any atom is -0.497 e. The molecule has 1 amide bonds. The summed E-state index contributed by atoms with van der Waals surface area (Å²) in [6, 6.07) is 12.9. The SMILES string of the molecule is COc1ccc(OC)c(NC(=O)c2ccccc2SC(C)C)c1. The summed E-state index contributed by atoms with van der Waals surface area (Å²) < 4.78 is 10.5. The molecular formula is C18H21NO3S. The maximum absolute atomic E-state index is 12.7. The van der Waals surface area contributed by atoms with Crippen LogP contribution in [0.2, 0.25) is 0 Å². The van der Waals surface area contributed by atoms with Gasteiger partial charge < -0.3 is 14.8 Å². The zero-order valence-corrected chi connectivity index (χ0v) is 14.6. The van der Waals surface area contributed by atoms with Crippen molar-refractivity contribution in [2.75, 3.05) is 19.5 Å². The highest BCUT2D eigenvalue weighted by atomic mass is 32.2. The summed E-state index contributed by atoms with van der Waals surface area (Å²) >= 11 is 1.66. The van der Waals surface area contributed by atoms with Crippen LogP contribution in [0.1, 0.15) is 24.2 Å². The number of carbonyl (C=O) groups is 1. The number of methoxy groups -OCH3 is 2. The van der Waals surface area contributed by atoms with E-state index < -0.39 is 0 Å². The topological polar surface area (TPSA) is 47.6 Å². The van der Waals surface area contributed by atoms with E-state index in [4.69, 9.17) is 9.47 Å². The number of rotatable bonds is 6. The summed E-state index contributed by atoms with van der Waals surface area (Å²) in [6.07, 6.45) is 0. The van der Waals surface area contributed by atoms with Gasteiger partial charge in [-0.1, -0.05) is 26.0 Å². The fourth-order valence-corrected chi connectivity index (χ4v) is 3.07. The van der Waals surface area contributed by atoms with E-state index in [2.05, 4.69) is 19.2 Å². The Bertz CT molecular complexity index is 686. The number of thioether (sulfide) groups is 1. The Morgan fingerprint density at radius 3 is 2.48 bits per heavy atom. The normalized spacial score (nSPS) is 10.5. The van der Waals surface area contributed by atoms with Gasteiger partial charge in [-0.05, 0) is 24.3 Å². The number of hydrogen-bond donors (Lipinski definition) is 1. The van der Waals surface area contributed by atoms with Crippen LogP contribution in [-0.2, 0) is 0 Å². The first kappa shape index (κ1) is 17.2. The molecule has 122 valence electrons. The van der Waals surface area contributed by atoms with E-state index >= 15 is 0 Å². The van der Waals surface area contributed by atoms with Gasteiger partial charge in [-0.25, -0.2) is 0 Å². The standard InChI is InChI=1S/C18H21NO3S/c1-12(2)23-17-8-6-5-7-14(17)18(20)19-15-11-13(21-3)9-10-16(15)22-4/h5-12H,1-4H3,(H,19,20). The molecule has 0 atom stereocenters. The van der Waals surface area contributed by atoms with Gasteiger partial charge in [0.05, 0.1) is 25.5 Å². The van der Waals surface area contributed by atoms with E-state index in [0.29, 0.717) is 28.0 Å². The third kappa shape index (κ3) is 4.42. The molecule has 0 fully saturated rings. The van der Waals surface area contributed by atoms with Gasteiger partial charge in [-0.2, -0.15) is 0 Å². The van der Waals surface area contributed by atoms with Gasteiger partial charge in [-0.15, -0.1) is 11.8 Å². The summed E-state index contributed by atoms with van der Waals surface area (Å²) in [6.45, 7) is 4.20. The summed E-state index contributed by atoms with van der Waals surface area (Å²) in [4.78, 5) is 13.6. The molecule has 0 aliphatic carbocycles. The van der Waals surface area contributed by atoms with E-state index in [1.165, 1.54) is 0 Å². The third-order valence-corrected chi connectivity index (χ3v) is 4.23. The van der Waals surface area contributed by atoms with Crippen LogP contribution in [0.5, 0.6) is 11.5 Å². The van der Waals surface area contributed by atoms with Crippen LogP contribution in [0.4, 0.5) is 5.69 Å². The summed E-state index contributed by atoms with van der Waals surface area (Å²) in [5.74, 6) is 1.08. The molecule has 4 nitrogen and oxygen atoms in total. The maximum atomic E-state index is 12.7. The van der Waals surface area contributed by atoms with Crippen molar-refractivity contribution < 1.29 is 14.3 Å². The third-order valence-electron chi connectivity index (χ3n) is 3.15. The van der Waals surface area contributed by atoms with Gasteiger partial charge >= 0.3 is 0 Å². The molecule has 23 heavy (non-hydrogen) atoms. The zero-order chi connectivity index (χ0) is 16.8. The van der Waals surface area contributed by atoms with Crippen molar-refractivity contribution in [1.29, 1.82) is 0 Å². The second-order valence-corrected chi connectivity index (χ2v) is 6.80. The second kappa shape index (κ2) is 7.92. The van der Waals surface area contributed by atoms with Gasteiger partial charge in [0.25, 0.3) is 5.91 Å². The lowest BCUT2D eigenvalue weighted by molar-refractivity contribution is 0.102. The molecule has 0 aromatic heterocycles. The molecule has 0 spiro atoms. The first-order chi connectivity index (χ1) is 11.0. The van der Waals surface area contributed by atoms with E-state index in [0.717, 1.165) is 4.90 Å². The van der Waals surface area contributed by atoms with Crippen molar-refractivity contribution in [3.8, 4) is 11.5 Å². The summed E-state index contributed by atoms with van der Waals surface area (Å²) in [5.41, 5.74) is 1.23. The van der Waals surface area contributed by atoms with Crippen molar-refractivity contribution in [2.24, 2.45) is 0 Å². The van der Waals surface area contributed by atoms with Crippen LogP contribution in [0, 0.1) is 0 Å². The molecule has 0 radical (unpaired) electrons. The van der Waals surface area contributed by atoms with Crippen molar-refractivity contribution in [1.82, 2.24) is 0 Å². The van der Waals surface area contributed by atoms with Crippen LogP contribution in [0.3, 0.4) is 0 Å². The molecule has 0 saturated carbocycles. The van der Waals surface area contributed by atoms with Crippen LogP contribution < -0.4 is 14.8 Å². The average Bonchev–Trinajstić information content (AvgIpc) is 2.54. The van der Waals surface area contributed by atoms with Gasteiger partial charge in [-0.3, -0.25) is 4.79 Å². The minimum absolute atomic E-state index is 0.166. The number of nitrogens with one attached hydrogen (secondary N) is 1. The van der Waals surface area contributed by atoms with Gasteiger partial charge in [0.1, 0.15) is 11.5 Å². The number of benzene rings is 2. The maximum Gasteiger partial charge on any atom is 0.256 e. The largest absolute Gasteiger partial charge is 0.497 e. The molecule has 2 rings (SSSR count). The highest BCUT2D eigenvalue weighted by molar-refractivity contribution is 8.00. The fraction of sp³-hybridized carbons (Fsp3) is 0.278. The molecule has 0 aliphatic rings. The first-order valence-corrected chi connectivity index (χ1v) is 8.22. The van der Waals surface area contributed by atoms with Crippen molar-refractivity contribution in [3.63, 3.8) is 0 Å². The molecule has 2 aromatic carbocycles. The molecule has 1 N–H and O–H groups in total. The van der Waals surface area contributed by atoms with Gasteiger partial charge in [0.2, 0.25) is 0 Å². The fourth-order valence-electron chi connectivity index (χ4n) is 2.11. The lowest BCUT2D eigenvalue weighted by Crippen LogP contribution is -2.14. The van der Waals surface area contributed by atoms with Crippen molar-refractivity contribution >= 4 is 23.4 Å². The highest BCUT2D eigenvalue weighted by Gasteiger charge is 2.15. The molecule has 0 unspecified atom stereocenters. The Kier molecular flexibility index (Phi) is 5.93. The second-order valence-electron chi connectivity index (χ2n) is 5.18. The Morgan fingerprint density at radius 2 is 1.83 bits per heavy atom. The van der Waals surface area contributed by atoms with Crippen LogP contribution in [0.25, 0.3) is 0 Å². The average molecular weight is 331 g/mol. The summed E-state index contributed by atoms with van der Waals surface area (Å²) in [7, 11) is 3.15. The van der Waals surface area contributed by atoms with E-state index in [1.54, 1.807) is 44.2 Å². The van der Waals surface area contributed by atoms with Gasteiger partial charge in [0, 0.05) is 16.2 Å². The van der Waals surface area contributed by atoms with Crippen LogP contribution in [0.15, 0.2) is 47.4 Å². The first-order valence-electron chi connectivity index (χ1n) is 7.34. The van der Waals surface area contributed by atoms with Crippen LogP contribution >= 0.6 is 11.8 Å². The minimum atomic E-state index is -0.166. The Labute approximate surface area is 141 Å². The number of hydrogen-bond acceptors (Lipinski definition) is 4. The number of carbonyl (C=O) groups excluding carboxylic acids is 1. The predicted molar refractivity (Wildman–Crippen MR) is 94.9 cm³/mol. The molecule has 0 bridgehead atoms. The number of ether oxygens (including phenoxy) is 2. The van der Waals surface area contributed by atoms with Crippen molar-refractivity contribution in [3.05, 3.63) is 48.0 Å². The lowest BCUT2D eigenvalue weighted by Gasteiger charge is -2.14. The Hall–Kier alpha value is -2.14. The molecule has 0 saturated heterocycles. The Balaban J connectivity index is 2.29. The number of amides is 1. The number of anilines is 1. The van der Waals surface area contributed by atoms with E-state index in [9.17, 15) is 4.79 Å². The monoisotopic (exact) mass is 331 g/mol. The molecule has 2 aromatic rings. The lowest BCUT2D eigenvalue weighted by atomic mass is 10.2. The van der Waals surface area contributed by atoms with Gasteiger partial charge in [0.15, 0.2) is 0 Å². The predicted octanol–water partition coefficient (Wildman–Crippen LogP) is 4.46. The zero-order valence-electron chi connectivity index (χ0n) is 13.8. The van der Waals surface area contributed by atoms with Crippen molar-refractivity contribution in [2.45, 2.75) is 24.0 Å². The quantitative estimate of drug-likeness (QED) is 0.794. The molecule has 0 aliphatic heterocycles. The molecule has 0 heterocycles. The van der Waals surface area contributed by atoms with Crippen LogP contribution in [-0.4, -0.2) is 25.4 Å².